The molecule has 6 heteroatoms. The smallest absolute Gasteiger partial charge is 0.393 e. The van der Waals surface area contributed by atoms with Crippen molar-refractivity contribution in [3.05, 3.63) is 0 Å². The van der Waals surface area contributed by atoms with Gasteiger partial charge < -0.3 is 5.73 Å². The van der Waals surface area contributed by atoms with Gasteiger partial charge in [-0.2, -0.15) is 13.2 Å². The van der Waals surface area contributed by atoms with Crippen LogP contribution in [0.3, 0.4) is 0 Å². The molecule has 0 aliphatic rings. The molecule has 2 N–H and O–H groups in total. The van der Waals surface area contributed by atoms with Crippen molar-refractivity contribution in [2.75, 3.05) is 19.6 Å². The summed E-state index contributed by atoms with van der Waals surface area (Å²) in [5.41, 5.74) is 5.30. The lowest BCUT2D eigenvalue weighted by Gasteiger charge is -2.26. The Balaban J connectivity index is 4.16. The van der Waals surface area contributed by atoms with Crippen LogP contribution >= 0.6 is 12.2 Å². The number of nitrogens with zero attached hydrogens (tertiary/aromatic N) is 1. The molecule has 2 nitrogen and oxygen atoms in total. The molecule has 0 aromatic heterocycles. The summed E-state index contributed by atoms with van der Waals surface area (Å²) in [5, 5.41) is 0. The molecule has 0 radical (unpaired) electrons. The molecule has 0 saturated heterocycles. The van der Waals surface area contributed by atoms with Gasteiger partial charge >= 0.3 is 6.18 Å². The Morgan fingerprint density at radius 3 is 2.17 bits per heavy atom. The molecule has 0 heterocycles. The molecule has 0 aliphatic heterocycles. The molecule has 0 aromatic rings. The van der Waals surface area contributed by atoms with Crippen molar-refractivity contribution in [1.82, 2.24) is 4.90 Å². The van der Waals surface area contributed by atoms with Crippen LogP contribution in [0.5, 0.6) is 0 Å². The minimum absolute atomic E-state index is 0.286. The Kier molecular flexibility index (Phi) is 7.14. The van der Waals surface area contributed by atoms with Crippen LogP contribution < -0.4 is 5.73 Å². The van der Waals surface area contributed by atoms with Crippen molar-refractivity contribution in [2.45, 2.75) is 46.2 Å². The highest BCUT2D eigenvalue weighted by atomic mass is 32.1. The van der Waals surface area contributed by atoms with Crippen LogP contribution in [0.15, 0.2) is 0 Å². The SMILES string of the molecule is CCCN(CCCC(C)(C)C(N)=S)CC(F)(F)F. The van der Waals surface area contributed by atoms with Crippen LogP contribution in [-0.2, 0) is 0 Å². The van der Waals surface area contributed by atoms with Gasteiger partial charge in [-0.1, -0.05) is 33.0 Å². The van der Waals surface area contributed by atoms with Crippen LogP contribution in [0.1, 0.15) is 40.0 Å². The quantitative estimate of drug-likeness (QED) is 0.693. The predicted molar refractivity (Wildman–Crippen MR) is 72.6 cm³/mol. The number of halogens is 3. The first-order chi connectivity index (χ1) is 8.08. The van der Waals surface area contributed by atoms with Gasteiger partial charge in [0.1, 0.15) is 0 Å². The van der Waals surface area contributed by atoms with Crippen LogP contribution in [0.2, 0.25) is 0 Å². The number of alkyl halides is 3. The molecule has 0 amide bonds. The zero-order chi connectivity index (χ0) is 14.4. The van der Waals surface area contributed by atoms with E-state index in [4.69, 9.17) is 18.0 Å². The molecule has 18 heavy (non-hydrogen) atoms. The number of rotatable bonds is 8. The number of thiocarbonyl (C=S) groups is 1. The lowest BCUT2D eigenvalue weighted by Crippen LogP contribution is -2.36. The molecule has 0 saturated carbocycles. The molecule has 0 unspecified atom stereocenters. The maximum Gasteiger partial charge on any atom is 0.401 e. The average Bonchev–Trinajstić information content (AvgIpc) is 2.14. The highest BCUT2D eigenvalue weighted by Crippen LogP contribution is 2.23. The van der Waals surface area contributed by atoms with E-state index in [0.29, 0.717) is 30.9 Å². The zero-order valence-corrected chi connectivity index (χ0v) is 12.1. The lowest BCUT2D eigenvalue weighted by atomic mass is 9.88. The van der Waals surface area contributed by atoms with Crippen LogP contribution in [0, 0.1) is 5.41 Å². The van der Waals surface area contributed by atoms with E-state index in [1.54, 1.807) is 0 Å². The van der Waals surface area contributed by atoms with Gasteiger partial charge in [-0.15, -0.1) is 0 Å². The van der Waals surface area contributed by atoms with E-state index in [1.807, 2.05) is 20.8 Å². The average molecular weight is 284 g/mol. The van der Waals surface area contributed by atoms with Gasteiger partial charge in [0.05, 0.1) is 11.5 Å². The third-order valence-corrected chi connectivity index (χ3v) is 3.44. The summed E-state index contributed by atoms with van der Waals surface area (Å²) in [7, 11) is 0. The van der Waals surface area contributed by atoms with E-state index in [-0.39, 0.29) is 5.41 Å². The fourth-order valence-corrected chi connectivity index (χ4v) is 1.81. The first-order valence-corrected chi connectivity index (χ1v) is 6.58. The van der Waals surface area contributed by atoms with Gasteiger partial charge in [0, 0.05) is 5.41 Å². The van der Waals surface area contributed by atoms with Crippen LogP contribution in [0.4, 0.5) is 13.2 Å². The first kappa shape index (κ1) is 17.6. The molecule has 0 aliphatic carbocycles. The van der Waals surface area contributed by atoms with E-state index in [9.17, 15) is 13.2 Å². The fraction of sp³-hybridized carbons (Fsp3) is 0.917. The highest BCUT2D eigenvalue weighted by molar-refractivity contribution is 7.80. The second-order valence-electron chi connectivity index (χ2n) is 5.24. The molecule has 0 spiro atoms. The summed E-state index contributed by atoms with van der Waals surface area (Å²) < 4.78 is 37.0. The number of nitrogens with two attached hydrogens (primary N) is 1. The summed E-state index contributed by atoms with van der Waals surface area (Å²) in [6.45, 7) is 5.77. The molecular weight excluding hydrogens is 261 g/mol. The summed E-state index contributed by atoms with van der Waals surface area (Å²) in [5.74, 6) is 0. The monoisotopic (exact) mass is 284 g/mol. The summed E-state index contributed by atoms with van der Waals surface area (Å²) in [6, 6.07) is 0. The largest absolute Gasteiger partial charge is 0.401 e. The van der Waals surface area contributed by atoms with Gasteiger partial charge in [-0.25, -0.2) is 0 Å². The molecule has 0 aromatic carbocycles. The van der Waals surface area contributed by atoms with Gasteiger partial charge in [-0.3, -0.25) is 4.90 Å². The molecule has 0 rings (SSSR count). The second kappa shape index (κ2) is 7.28. The Morgan fingerprint density at radius 1 is 1.22 bits per heavy atom. The summed E-state index contributed by atoms with van der Waals surface area (Å²) >= 11 is 4.93. The normalized spacial score (nSPS) is 13.1. The van der Waals surface area contributed by atoms with Crippen molar-refractivity contribution in [3.63, 3.8) is 0 Å². The van der Waals surface area contributed by atoms with Gasteiger partial charge in [0.15, 0.2) is 0 Å². The summed E-state index contributed by atoms with van der Waals surface area (Å²) in [6.07, 6.45) is -2.04. The predicted octanol–water partition coefficient (Wildman–Crippen LogP) is 3.35. The van der Waals surface area contributed by atoms with E-state index in [1.165, 1.54) is 4.90 Å². The zero-order valence-electron chi connectivity index (χ0n) is 11.3. The minimum Gasteiger partial charge on any atom is -0.393 e. The Bertz CT molecular complexity index is 265. The van der Waals surface area contributed by atoms with Gasteiger partial charge in [-0.05, 0) is 32.4 Å². The highest BCUT2D eigenvalue weighted by Gasteiger charge is 2.30. The standard InChI is InChI=1S/C12H23F3N2S/c1-4-7-17(9-12(13,14)15)8-5-6-11(2,3)10(16)18/h4-9H2,1-3H3,(H2,16,18). The second-order valence-corrected chi connectivity index (χ2v) is 5.68. The molecule has 0 fully saturated rings. The first-order valence-electron chi connectivity index (χ1n) is 6.17. The molecule has 0 bridgehead atoms. The maximum atomic E-state index is 12.3. The van der Waals surface area contributed by atoms with E-state index in [2.05, 4.69) is 0 Å². The van der Waals surface area contributed by atoms with E-state index in [0.717, 1.165) is 6.42 Å². The number of hydrogen-bond acceptors (Lipinski definition) is 2. The lowest BCUT2D eigenvalue weighted by molar-refractivity contribution is -0.146. The van der Waals surface area contributed by atoms with Crippen LogP contribution in [0.25, 0.3) is 0 Å². The fourth-order valence-electron chi connectivity index (χ4n) is 1.71. The third kappa shape index (κ3) is 7.87. The molecule has 0 atom stereocenters. The number of hydrogen-bond donors (Lipinski definition) is 1. The Hall–Kier alpha value is -0.360. The van der Waals surface area contributed by atoms with Gasteiger partial charge in [0.25, 0.3) is 0 Å². The van der Waals surface area contributed by atoms with Crippen molar-refractivity contribution >= 4 is 17.2 Å². The minimum atomic E-state index is -4.13. The van der Waals surface area contributed by atoms with Gasteiger partial charge in [0.2, 0.25) is 0 Å². The maximum absolute atomic E-state index is 12.3. The van der Waals surface area contributed by atoms with Crippen LogP contribution in [-0.4, -0.2) is 35.7 Å². The van der Waals surface area contributed by atoms with Crippen molar-refractivity contribution in [2.24, 2.45) is 11.1 Å². The Labute approximate surface area is 113 Å². The van der Waals surface area contributed by atoms with E-state index >= 15 is 0 Å². The molecule has 108 valence electrons. The van der Waals surface area contributed by atoms with Crippen molar-refractivity contribution < 1.29 is 13.2 Å². The third-order valence-electron chi connectivity index (χ3n) is 2.89. The Morgan fingerprint density at radius 2 is 1.78 bits per heavy atom. The topological polar surface area (TPSA) is 29.3 Å². The molecular formula is C12H23F3N2S. The van der Waals surface area contributed by atoms with E-state index < -0.39 is 12.7 Å². The van der Waals surface area contributed by atoms with Crippen molar-refractivity contribution in [1.29, 1.82) is 0 Å². The summed E-state index contributed by atoms with van der Waals surface area (Å²) in [4.78, 5) is 1.86. The van der Waals surface area contributed by atoms with Crippen molar-refractivity contribution in [3.8, 4) is 0 Å².